The zero-order valence-corrected chi connectivity index (χ0v) is 8.34. The van der Waals surface area contributed by atoms with Crippen molar-refractivity contribution in [1.29, 1.82) is 0 Å². The van der Waals surface area contributed by atoms with Crippen LogP contribution in [0.5, 0.6) is 0 Å². The minimum absolute atomic E-state index is 0.375. The predicted molar refractivity (Wildman–Crippen MR) is 57.1 cm³/mol. The smallest absolute Gasteiger partial charge is 0.0987 e. The van der Waals surface area contributed by atoms with Gasteiger partial charge in [0.1, 0.15) is 0 Å². The Hall–Kier alpha value is -1.10. The lowest BCUT2D eigenvalue weighted by Gasteiger charge is -2.47. The lowest BCUT2D eigenvalue weighted by Crippen LogP contribution is -2.50. The third kappa shape index (κ3) is 1.26. The topological polar surface area (TPSA) is 49.8 Å². The summed E-state index contributed by atoms with van der Waals surface area (Å²) in [6.07, 6.45) is -0.201. The van der Waals surface area contributed by atoms with Crippen LogP contribution in [0.25, 0.3) is 0 Å². The standard InChI is InChI=1S/C11H13N2O2/c14-10-5-6-12-7-8-3-1-2-4-9(8)13(15)11(10)12/h1-4,10-11,14H,5-7H2/q-1/t10-,11?/m1/s1. The highest BCUT2D eigenvalue weighted by Crippen LogP contribution is 2.34. The van der Waals surface area contributed by atoms with E-state index >= 15 is 0 Å². The van der Waals surface area contributed by atoms with Crippen molar-refractivity contribution in [3.63, 3.8) is 0 Å². The number of hydroxylamine groups is 1. The Kier molecular flexibility index (Phi) is 1.95. The summed E-state index contributed by atoms with van der Waals surface area (Å²) >= 11 is 0. The fourth-order valence-electron chi connectivity index (χ4n) is 2.52. The fourth-order valence-corrected chi connectivity index (χ4v) is 2.52. The van der Waals surface area contributed by atoms with Gasteiger partial charge in [0.05, 0.1) is 12.3 Å². The van der Waals surface area contributed by atoms with Crippen LogP contribution in [-0.2, 0) is 6.54 Å². The Labute approximate surface area is 88.3 Å². The highest BCUT2D eigenvalue weighted by molar-refractivity contribution is 5.57. The fraction of sp³-hybridized carbons (Fsp3) is 0.455. The maximum Gasteiger partial charge on any atom is 0.0987 e. The molecule has 2 atom stereocenters. The number of aliphatic hydroxyl groups is 1. The van der Waals surface area contributed by atoms with Crippen molar-refractivity contribution in [3.05, 3.63) is 35.0 Å². The molecule has 1 aromatic rings. The molecule has 1 saturated heterocycles. The van der Waals surface area contributed by atoms with Gasteiger partial charge < -0.3 is 15.4 Å². The third-order valence-corrected chi connectivity index (χ3v) is 3.27. The molecule has 15 heavy (non-hydrogen) atoms. The molecule has 0 aromatic heterocycles. The summed E-state index contributed by atoms with van der Waals surface area (Å²) in [7, 11) is 0. The second kappa shape index (κ2) is 3.20. The van der Waals surface area contributed by atoms with Gasteiger partial charge in [-0.2, -0.15) is 0 Å². The molecule has 4 nitrogen and oxygen atoms in total. The summed E-state index contributed by atoms with van der Waals surface area (Å²) in [5.74, 6) is 0. The Morgan fingerprint density at radius 1 is 1.33 bits per heavy atom. The number of fused-ring (bicyclic) bond motifs is 2. The summed E-state index contributed by atoms with van der Waals surface area (Å²) in [5.41, 5.74) is 1.76. The molecule has 2 aliphatic heterocycles. The van der Waals surface area contributed by atoms with Crippen molar-refractivity contribution in [2.75, 3.05) is 11.6 Å². The van der Waals surface area contributed by atoms with Crippen LogP contribution in [0.3, 0.4) is 0 Å². The minimum Gasteiger partial charge on any atom is -0.757 e. The summed E-state index contributed by atoms with van der Waals surface area (Å²) in [4.78, 5) is 2.04. The van der Waals surface area contributed by atoms with E-state index in [4.69, 9.17) is 0 Å². The van der Waals surface area contributed by atoms with Crippen LogP contribution in [0.1, 0.15) is 12.0 Å². The third-order valence-electron chi connectivity index (χ3n) is 3.27. The maximum atomic E-state index is 12.0. The summed E-state index contributed by atoms with van der Waals surface area (Å²) in [6, 6.07) is 7.60. The molecule has 0 bridgehead atoms. The predicted octanol–water partition coefficient (Wildman–Crippen LogP) is 0.897. The summed E-state index contributed by atoms with van der Waals surface area (Å²) in [5, 5.41) is 22.7. The first kappa shape index (κ1) is 9.15. The molecule has 80 valence electrons. The van der Waals surface area contributed by atoms with Crippen molar-refractivity contribution >= 4 is 5.69 Å². The molecule has 2 aliphatic rings. The largest absolute Gasteiger partial charge is 0.757 e. The lowest BCUT2D eigenvalue weighted by molar-refractivity contribution is 0.110. The van der Waals surface area contributed by atoms with Gasteiger partial charge >= 0.3 is 0 Å². The number of hydrogen-bond donors (Lipinski definition) is 1. The van der Waals surface area contributed by atoms with E-state index in [0.29, 0.717) is 12.1 Å². The quantitative estimate of drug-likeness (QED) is 0.683. The highest BCUT2D eigenvalue weighted by Gasteiger charge is 2.37. The van der Waals surface area contributed by atoms with Crippen LogP contribution in [0.2, 0.25) is 0 Å². The second-order valence-electron chi connectivity index (χ2n) is 4.19. The first-order valence-corrected chi connectivity index (χ1v) is 5.24. The van der Waals surface area contributed by atoms with Gasteiger partial charge in [0.2, 0.25) is 0 Å². The highest BCUT2D eigenvalue weighted by atomic mass is 16.5. The first-order valence-electron chi connectivity index (χ1n) is 5.24. The average molecular weight is 205 g/mol. The van der Waals surface area contributed by atoms with Crippen molar-refractivity contribution in [3.8, 4) is 0 Å². The molecule has 0 saturated carbocycles. The molecule has 0 spiro atoms. The molecule has 1 unspecified atom stereocenters. The van der Waals surface area contributed by atoms with E-state index in [0.717, 1.165) is 23.7 Å². The second-order valence-corrected chi connectivity index (χ2v) is 4.19. The zero-order valence-electron chi connectivity index (χ0n) is 8.34. The van der Waals surface area contributed by atoms with Gasteiger partial charge in [-0.1, -0.05) is 18.2 Å². The molecule has 2 heterocycles. The first-order chi connectivity index (χ1) is 7.27. The molecule has 0 aliphatic carbocycles. The van der Waals surface area contributed by atoms with E-state index in [1.54, 1.807) is 0 Å². The monoisotopic (exact) mass is 205 g/mol. The van der Waals surface area contributed by atoms with Gasteiger partial charge in [-0.25, -0.2) is 0 Å². The molecule has 0 amide bonds. The Balaban J connectivity index is 2.03. The molecule has 1 fully saturated rings. The van der Waals surface area contributed by atoms with Gasteiger partial charge in [0.25, 0.3) is 0 Å². The molecule has 0 radical (unpaired) electrons. The molecule has 1 N–H and O–H groups in total. The Morgan fingerprint density at radius 2 is 2.13 bits per heavy atom. The van der Waals surface area contributed by atoms with Crippen molar-refractivity contribution < 1.29 is 5.11 Å². The van der Waals surface area contributed by atoms with Crippen LogP contribution >= 0.6 is 0 Å². The number of nitrogens with zero attached hydrogens (tertiary/aromatic N) is 2. The van der Waals surface area contributed by atoms with E-state index in [1.807, 2.05) is 29.2 Å². The molecule has 3 rings (SSSR count). The van der Waals surface area contributed by atoms with E-state index < -0.39 is 6.10 Å². The Bertz CT molecular complexity index is 383. The van der Waals surface area contributed by atoms with Crippen LogP contribution in [0.15, 0.2) is 24.3 Å². The van der Waals surface area contributed by atoms with Gasteiger partial charge in [-0.15, -0.1) is 0 Å². The minimum atomic E-state index is -0.518. The number of hydrogen-bond acceptors (Lipinski definition) is 4. The Morgan fingerprint density at radius 3 is 3.00 bits per heavy atom. The normalized spacial score (nSPS) is 30.1. The van der Waals surface area contributed by atoms with Crippen molar-refractivity contribution in [2.45, 2.75) is 25.2 Å². The van der Waals surface area contributed by atoms with Crippen LogP contribution in [-0.4, -0.2) is 28.8 Å². The van der Waals surface area contributed by atoms with E-state index in [-0.39, 0.29) is 6.17 Å². The molecule has 1 aromatic carbocycles. The average Bonchev–Trinajstić information content (AvgIpc) is 2.61. The van der Waals surface area contributed by atoms with Crippen LogP contribution in [0, 0.1) is 5.21 Å². The number of anilines is 1. The number of benzene rings is 1. The SMILES string of the molecule is [O-]N1c2ccccc2CN2CC[C@@H](O)C21. The molecular formula is C11H13N2O2-. The van der Waals surface area contributed by atoms with E-state index in [9.17, 15) is 10.3 Å². The number of para-hydroxylation sites is 1. The summed E-state index contributed by atoms with van der Waals surface area (Å²) < 4.78 is 0. The van der Waals surface area contributed by atoms with Crippen LogP contribution in [0.4, 0.5) is 5.69 Å². The summed E-state index contributed by atoms with van der Waals surface area (Å²) in [6.45, 7) is 1.58. The van der Waals surface area contributed by atoms with Crippen molar-refractivity contribution in [2.24, 2.45) is 0 Å². The zero-order chi connectivity index (χ0) is 10.4. The number of aliphatic hydroxyl groups excluding tert-OH is 1. The van der Waals surface area contributed by atoms with Gasteiger partial charge in [-0.3, -0.25) is 4.90 Å². The number of rotatable bonds is 0. The lowest BCUT2D eigenvalue weighted by atomic mass is 10.1. The van der Waals surface area contributed by atoms with Gasteiger partial charge in [0.15, 0.2) is 0 Å². The van der Waals surface area contributed by atoms with E-state index in [1.165, 1.54) is 0 Å². The van der Waals surface area contributed by atoms with Crippen LogP contribution < -0.4 is 5.06 Å². The molecular weight excluding hydrogens is 192 g/mol. The maximum absolute atomic E-state index is 12.0. The van der Waals surface area contributed by atoms with Gasteiger partial charge in [-0.05, 0) is 18.1 Å². The van der Waals surface area contributed by atoms with Gasteiger partial charge in [0, 0.05) is 18.8 Å². The van der Waals surface area contributed by atoms with E-state index in [2.05, 4.69) is 0 Å². The van der Waals surface area contributed by atoms with Crippen molar-refractivity contribution in [1.82, 2.24) is 4.90 Å². The molecule has 4 heteroatoms.